The zero-order valence-electron chi connectivity index (χ0n) is 16.2. The molecule has 0 aromatic carbocycles. The topological polar surface area (TPSA) is 78.0 Å². The summed E-state index contributed by atoms with van der Waals surface area (Å²) < 4.78 is 69.0. The molecule has 0 N–H and O–H groups in total. The molecule has 0 radical (unpaired) electrons. The molecule has 4 rings (SSSR count). The van der Waals surface area contributed by atoms with Gasteiger partial charge in [-0.05, 0) is 6.07 Å². The molecule has 162 valence electrons. The summed E-state index contributed by atoms with van der Waals surface area (Å²) in [6.07, 6.45) is 1.37. The van der Waals surface area contributed by atoms with E-state index in [1.54, 1.807) is 0 Å². The standard InChI is InChI=1S/C19H26F2N2O5S/c20-19(21)3-8-23(9-4-19)10-13-27-16-2-1-15-17(22-16)28-18(5-11-26-12-6-18)7-14-29(15,24)25/h1-2H,3-14H2. The van der Waals surface area contributed by atoms with Crippen LogP contribution in [-0.2, 0) is 14.6 Å². The first-order chi connectivity index (χ1) is 13.8. The zero-order chi connectivity index (χ0) is 20.5. The van der Waals surface area contributed by atoms with Crippen LogP contribution in [0.25, 0.3) is 0 Å². The van der Waals surface area contributed by atoms with Gasteiger partial charge in [0.25, 0.3) is 5.92 Å². The maximum Gasteiger partial charge on any atom is 0.250 e. The zero-order valence-corrected chi connectivity index (χ0v) is 17.1. The summed E-state index contributed by atoms with van der Waals surface area (Å²) in [7, 11) is -3.48. The summed E-state index contributed by atoms with van der Waals surface area (Å²) in [6.45, 7) is 2.51. The predicted octanol–water partition coefficient (Wildman–Crippen LogP) is 2.30. The van der Waals surface area contributed by atoms with Gasteiger partial charge in [-0.1, -0.05) is 0 Å². The van der Waals surface area contributed by atoms with Gasteiger partial charge in [0.2, 0.25) is 11.8 Å². The first kappa shape index (κ1) is 20.7. The van der Waals surface area contributed by atoms with Crippen LogP contribution in [0.4, 0.5) is 8.78 Å². The smallest absolute Gasteiger partial charge is 0.250 e. The molecule has 0 unspecified atom stereocenters. The van der Waals surface area contributed by atoms with Gasteiger partial charge in [0.15, 0.2) is 9.84 Å². The molecule has 0 aliphatic carbocycles. The van der Waals surface area contributed by atoms with Crippen LogP contribution in [0.3, 0.4) is 0 Å². The molecule has 0 amide bonds. The van der Waals surface area contributed by atoms with Crippen molar-refractivity contribution in [3.8, 4) is 11.8 Å². The molecule has 0 saturated carbocycles. The van der Waals surface area contributed by atoms with Crippen molar-refractivity contribution in [2.75, 3.05) is 45.2 Å². The van der Waals surface area contributed by atoms with Crippen molar-refractivity contribution < 1.29 is 31.4 Å². The molecule has 0 bridgehead atoms. The predicted molar refractivity (Wildman–Crippen MR) is 100 cm³/mol. The number of alkyl halides is 2. The molecule has 1 spiro atoms. The monoisotopic (exact) mass is 432 g/mol. The summed E-state index contributed by atoms with van der Waals surface area (Å²) >= 11 is 0. The summed E-state index contributed by atoms with van der Waals surface area (Å²) in [6, 6.07) is 3.00. The number of fused-ring (bicyclic) bond motifs is 1. The molecule has 0 atom stereocenters. The lowest BCUT2D eigenvalue weighted by Gasteiger charge is -2.35. The second-order valence-electron chi connectivity index (χ2n) is 7.97. The van der Waals surface area contributed by atoms with E-state index in [2.05, 4.69) is 4.98 Å². The Labute approximate surface area is 169 Å². The minimum Gasteiger partial charge on any atom is -0.476 e. The van der Waals surface area contributed by atoms with Gasteiger partial charge in [0.1, 0.15) is 17.1 Å². The first-order valence-electron chi connectivity index (χ1n) is 10.0. The van der Waals surface area contributed by atoms with Crippen molar-refractivity contribution >= 4 is 9.84 Å². The highest BCUT2D eigenvalue weighted by molar-refractivity contribution is 7.91. The lowest BCUT2D eigenvalue weighted by Crippen LogP contribution is -2.42. The molecule has 3 aliphatic rings. The van der Waals surface area contributed by atoms with Crippen molar-refractivity contribution in [2.24, 2.45) is 0 Å². The molecule has 29 heavy (non-hydrogen) atoms. The van der Waals surface area contributed by atoms with E-state index in [9.17, 15) is 17.2 Å². The number of nitrogens with zero attached hydrogens (tertiary/aromatic N) is 2. The van der Waals surface area contributed by atoms with E-state index in [1.165, 1.54) is 12.1 Å². The number of halogens is 2. The summed E-state index contributed by atoms with van der Waals surface area (Å²) in [5.41, 5.74) is -0.582. The van der Waals surface area contributed by atoms with E-state index in [4.69, 9.17) is 14.2 Å². The number of sulfone groups is 1. The largest absolute Gasteiger partial charge is 0.476 e. The average molecular weight is 432 g/mol. The van der Waals surface area contributed by atoms with E-state index in [0.29, 0.717) is 52.1 Å². The number of hydrogen-bond acceptors (Lipinski definition) is 7. The molecular formula is C19H26F2N2O5S. The molecule has 7 nitrogen and oxygen atoms in total. The van der Waals surface area contributed by atoms with E-state index < -0.39 is 21.4 Å². The first-order valence-corrected chi connectivity index (χ1v) is 11.7. The van der Waals surface area contributed by atoms with Gasteiger partial charge in [0.05, 0.1) is 19.0 Å². The van der Waals surface area contributed by atoms with E-state index in [1.807, 2.05) is 4.90 Å². The Hall–Kier alpha value is -1.52. The number of aromatic nitrogens is 1. The van der Waals surface area contributed by atoms with Crippen LogP contribution < -0.4 is 9.47 Å². The van der Waals surface area contributed by atoms with Crippen molar-refractivity contribution in [3.63, 3.8) is 0 Å². The molecule has 2 saturated heterocycles. The Kier molecular flexibility index (Phi) is 5.69. The quantitative estimate of drug-likeness (QED) is 0.722. The third kappa shape index (κ3) is 4.80. The highest BCUT2D eigenvalue weighted by Gasteiger charge is 2.41. The van der Waals surface area contributed by atoms with Crippen LogP contribution in [0, 0.1) is 0 Å². The van der Waals surface area contributed by atoms with Crippen LogP contribution in [-0.4, -0.2) is 75.0 Å². The summed E-state index contributed by atoms with van der Waals surface area (Å²) in [5, 5.41) is 0. The minimum atomic E-state index is -3.48. The van der Waals surface area contributed by atoms with Crippen LogP contribution in [0.2, 0.25) is 0 Å². The fourth-order valence-corrected chi connectivity index (χ4v) is 5.46. The van der Waals surface area contributed by atoms with Crippen molar-refractivity contribution in [2.45, 2.75) is 48.5 Å². The van der Waals surface area contributed by atoms with Crippen LogP contribution in [0.1, 0.15) is 32.1 Å². The van der Waals surface area contributed by atoms with Gasteiger partial charge in [-0.15, -0.1) is 0 Å². The Morgan fingerprint density at radius 2 is 1.83 bits per heavy atom. The second-order valence-corrected chi connectivity index (χ2v) is 10.0. The number of likely N-dealkylation sites (tertiary alicyclic amines) is 1. The number of ether oxygens (including phenoxy) is 3. The van der Waals surface area contributed by atoms with Gasteiger partial charge in [-0.2, -0.15) is 4.98 Å². The molecule has 3 aliphatic heterocycles. The Morgan fingerprint density at radius 3 is 2.55 bits per heavy atom. The molecule has 10 heteroatoms. The summed E-state index contributed by atoms with van der Waals surface area (Å²) in [5.74, 6) is -2.20. The summed E-state index contributed by atoms with van der Waals surface area (Å²) in [4.78, 5) is 6.34. The number of piperidine rings is 1. The Morgan fingerprint density at radius 1 is 1.10 bits per heavy atom. The van der Waals surface area contributed by atoms with Crippen LogP contribution in [0.5, 0.6) is 11.8 Å². The fraction of sp³-hybridized carbons (Fsp3) is 0.737. The number of rotatable bonds is 4. The lowest BCUT2D eigenvalue weighted by molar-refractivity contribution is -0.0567. The van der Waals surface area contributed by atoms with Crippen molar-refractivity contribution in [3.05, 3.63) is 12.1 Å². The highest BCUT2D eigenvalue weighted by Crippen LogP contribution is 2.38. The van der Waals surface area contributed by atoms with E-state index in [0.717, 1.165) is 0 Å². The van der Waals surface area contributed by atoms with Crippen LogP contribution >= 0.6 is 0 Å². The lowest BCUT2D eigenvalue weighted by atomic mass is 9.91. The Balaban J connectivity index is 1.43. The second kappa shape index (κ2) is 7.96. The van der Waals surface area contributed by atoms with Gasteiger partial charge in [-0.3, -0.25) is 4.90 Å². The van der Waals surface area contributed by atoms with E-state index in [-0.39, 0.29) is 41.9 Å². The van der Waals surface area contributed by atoms with Gasteiger partial charge < -0.3 is 14.2 Å². The SMILES string of the molecule is O=S1(=O)CCC2(CCOCC2)Oc2nc(OCCN3CCC(F)(F)CC3)ccc21. The maximum atomic E-state index is 13.2. The Bertz CT molecular complexity index is 833. The maximum absolute atomic E-state index is 13.2. The average Bonchev–Trinajstić information content (AvgIpc) is 2.78. The fourth-order valence-electron chi connectivity index (χ4n) is 3.97. The number of pyridine rings is 1. The molecule has 4 heterocycles. The van der Waals surface area contributed by atoms with Crippen LogP contribution in [0.15, 0.2) is 17.0 Å². The van der Waals surface area contributed by atoms with Gasteiger partial charge in [-0.25, -0.2) is 17.2 Å². The third-order valence-corrected chi connectivity index (χ3v) is 7.65. The third-order valence-electron chi connectivity index (χ3n) is 5.92. The minimum absolute atomic E-state index is 0.0154. The van der Waals surface area contributed by atoms with Gasteiger partial charge >= 0.3 is 0 Å². The van der Waals surface area contributed by atoms with E-state index >= 15 is 0 Å². The highest BCUT2D eigenvalue weighted by atomic mass is 32.2. The molecule has 1 aromatic heterocycles. The molecule has 1 aromatic rings. The molecule has 2 fully saturated rings. The van der Waals surface area contributed by atoms with Gasteiger partial charge in [0, 0.05) is 57.8 Å². The number of hydrogen-bond donors (Lipinski definition) is 0. The van der Waals surface area contributed by atoms with Crippen molar-refractivity contribution in [1.29, 1.82) is 0 Å². The normalized spacial score (nSPS) is 25.6. The van der Waals surface area contributed by atoms with Crippen molar-refractivity contribution in [1.82, 2.24) is 9.88 Å². The molecular weight excluding hydrogens is 406 g/mol.